The number of nitrogens with one attached hydrogen (secondary N) is 1. The Kier molecular flexibility index (Phi) is 4.29. The minimum absolute atomic E-state index is 0.0879. The summed E-state index contributed by atoms with van der Waals surface area (Å²) >= 11 is 0. The summed E-state index contributed by atoms with van der Waals surface area (Å²) in [5, 5.41) is 7.07. The van der Waals surface area contributed by atoms with Gasteiger partial charge in [0.2, 0.25) is 0 Å². The Morgan fingerprint density at radius 1 is 1.29 bits per heavy atom. The number of nitrogens with zero attached hydrogens (tertiary/aromatic N) is 2. The van der Waals surface area contributed by atoms with Gasteiger partial charge in [-0.25, -0.2) is 0 Å². The molecule has 1 aromatic heterocycles. The minimum atomic E-state index is -0.0879. The maximum atomic E-state index is 12.3. The molecule has 116 valence electrons. The average molecular weight is 291 g/mol. The van der Waals surface area contributed by atoms with Crippen LogP contribution >= 0.6 is 0 Å². The molecule has 1 aromatic rings. The molecule has 1 N–H and O–H groups in total. The Labute approximate surface area is 126 Å². The van der Waals surface area contributed by atoms with Crippen molar-refractivity contribution in [2.75, 3.05) is 14.1 Å². The molecule has 2 aliphatic carbocycles. The van der Waals surface area contributed by atoms with Crippen molar-refractivity contribution in [3.63, 3.8) is 0 Å². The molecule has 1 unspecified atom stereocenters. The van der Waals surface area contributed by atoms with E-state index in [4.69, 9.17) is 4.52 Å². The van der Waals surface area contributed by atoms with Crippen molar-refractivity contribution in [3.05, 3.63) is 17.5 Å². The molecule has 0 saturated heterocycles. The van der Waals surface area contributed by atoms with Crippen LogP contribution in [0.1, 0.15) is 67.1 Å². The zero-order valence-corrected chi connectivity index (χ0v) is 13.0. The van der Waals surface area contributed by atoms with Gasteiger partial charge in [-0.05, 0) is 46.2 Å². The lowest BCUT2D eigenvalue weighted by molar-refractivity contribution is 0.0918. The molecule has 2 atom stereocenters. The summed E-state index contributed by atoms with van der Waals surface area (Å²) in [6.07, 6.45) is 8.03. The zero-order valence-electron chi connectivity index (χ0n) is 13.0. The quantitative estimate of drug-likeness (QED) is 0.866. The number of hydrogen-bond donors (Lipinski definition) is 1. The molecular weight excluding hydrogens is 266 g/mol. The van der Waals surface area contributed by atoms with Crippen LogP contribution in [-0.4, -0.2) is 42.1 Å². The zero-order chi connectivity index (χ0) is 14.8. The first-order chi connectivity index (χ1) is 10.1. The highest BCUT2D eigenvalue weighted by molar-refractivity contribution is 5.92. The summed E-state index contributed by atoms with van der Waals surface area (Å²) in [6.45, 7) is 0. The number of rotatable bonds is 4. The first kappa shape index (κ1) is 14.6. The van der Waals surface area contributed by atoms with E-state index in [1.54, 1.807) is 0 Å². The Bertz CT molecular complexity index is 493. The summed E-state index contributed by atoms with van der Waals surface area (Å²) < 4.78 is 5.26. The molecule has 21 heavy (non-hydrogen) atoms. The van der Waals surface area contributed by atoms with Crippen LogP contribution < -0.4 is 5.32 Å². The number of carbonyl (C=O) groups is 1. The van der Waals surface area contributed by atoms with Gasteiger partial charge in [0, 0.05) is 24.1 Å². The van der Waals surface area contributed by atoms with Crippen LogP contribution in [0.3, 0.4) is 0 Å². The maximum Gasteiger partial charge on any atom is 0.273 e. The molecule has 1 heterocycles. The third-order valence-corrected chi connectivity index (χ3v) is 4.70. The lowest BCUT2D eigenvalue weighted by Crippen LogP contribution is -2.39. The highest BCUT2D eigenvalue weighted by Crippen LogP contribution is 2.40. The number of amides is 1. The second-order valence-electron chi connectivity index (χ2n) is 6.70. The summed E-state index contributed by atoms with van der Waals surface area (Å²) in [6, 6.07) is 2.61. The van der Waals surface area contributed by atoms with Crippen molar-refractivity contribution in [2.45, 2.75) is 62.9 Å². The summed E-state index contributed by atoms with van der Waals surface area (Å²) in [5.41, 5.74) is 0.433. The molecular formula is C16H25N3O2. The molecule has 3 rings (SSSR count). The van der Waals surface area contributed by atoms with Gasteiger partial charge in [-0.2, -0.15) is 0 Å². The van der Waals surface area contributed by atoms with Gasteiger partial charge in [0.05, 0.1) is 0 Å². The van der Waals surface area contributed by atoms with E-state index in [1.165, 1.54) is 19.3 Å². The molecule has 0 aromatic carbocycles. The van der Waals surface area contributed by atoms with E-state index in [0.29, 0.717) is 17.7 Å². The maximum absolute atomic E-state index is 12.3. The third-order valence-electron chi connectivity index (χ3n) is 4.70. The van der Waals surface area contributed by atoms with Crippen LogP contribution in [0.4, 0.5) is 0 Å². The molecule has 5 nitrogen and oxygen atoms in total. The second kappa shape index (κ2) is 6.18. The van der Waals surface area contributed by atoms with Gasteiger partial charge in [0.15, 0.2) is 5.69 Å². The molecule has 2 fully saturated rings. The topological polar surface area (TPSA) is 58.4 Å². The molecule has 0 radical (unpaired) electrons. The Morgan fingerprint density at radius 2 is 2.05 bits per heavy atom. The van der Waals surface area contributed by atoms with Gasteiger partial charge in [0.25, 0.3) is 5.91 Å². The van der Waals surface area contributed by atoms with Crippen LogP contribution in [0.25, 0.3) is 0 Å². The highest BCUT2D eigenvalue weighted by Gasteiger charge is 2.29. The molecule has 2 saturated carbocycles. The van der Waals surface area contributed by atoms with E-state index >= 15 is 0 Å². The average Bonchev–Trinajstić information content (AvgIpc) is 3.22. The molecule has 5 heteroatoms. The van der Waals surface area contributed by atoms with Gasteiger partial charge in [0.1, 0.15) is 5.76 Å². The van der Waals surface area contributed by atoms with E-state index in [2.05, 4.69) is 29.5 Å². The monoisotopic (exact) mass is 291 g/mol. The number of carbonyl (C=O) groups excluding carboxylic acids is 1. The minimum Gasteiger partial charge on any atom is -0.360 e. The predicted molar refractivity (Wildman–Crippen MR) is 80.3 cm³/mol. The largest absolute Gasteiger partial charge is 0.360 e. The van der Waals surface area contributed by atoms with Crippen LogP contribution in [-0.2, 0) is 0 Å². The van der Waals surface area contributed by atoms with Crippen molar-refractivity contribution in [2.24, 2.45) is 0 Å². The summed E-state index contributed by atoms with van der Waals surface area (Å²) in [4.78, 5) is 14.6. The second-order valence-corrected chi connectivity index (χ2v) is 6.70. The Morgan fingerprint density at radius 3 is 2.76 bits per heavy atom. The van der Waals surface area contributed by atoms with Crippen LogP contribution in [0, 0.1) is 0 Å². The van der Waals surface area contributed by atoms with Crippen LogP contribution in [0.5, 0.6) is 0 Å². The van der Waals surface area contributed by atoms with Crippen molar-refractivity contribution < 1.29 is 9.32 Å². The smallest absolute Gasteiger partial charge is 0.273 e. The van der Waals surface area contributed by atoms with Gasteiger partial charge in [-0.1, -0.05) is 18.0 Å². The number of hydrogen-bond acceptors (Lipinski definition) is 4. The van der Waals surface area contributed by atoms with Crippen molar-refractivity contribution in [1.29, 1.82) is 0 Å². The van der Waals surface area contributed by atoms with Crippen LogP contribution in [0.2, 0.25) is 0 Å². The molecule has 0 aliphatic heterocycles. The first-order valence-corrected chi connectivity index (χ1v) is 8.07. The SMILES string of the molecule is CN(C)[C@@H]1CCCCC(NC(=O)c2cc(C3CC3)on2)C1. The third kappa shape index (κ3) is 3.64. The van der Waals surface area contributed by atoms with E-state index in [0.717, 1.165) is 31.4 Å². The van der Waals surface area contributed by atoms with Gasteiger partial charge in [-0.15, -0.1) is 0 Å². The predicted octanol–water partition coefficient (Wildman–Crippen LogP) is 2.54. The van der Waals surface area contributed by atoms with E-state index in [-0.39, 0.29) is 11.9 Å². The fourth-order valence-corrected chi connectivity index (χ4v) is 3.15. The lowest BCUT2D eigenvalue weighted by atomic mass is 10.0. The fourth-order valence-electron chi connectivity index (χ4n) is 3.15. The van der Waals surface area contributed by atoms with E-state index in [1.807, 2.05) is 6.07 Å². The summed E-state index contributed by atoms with van der Waals surface area (Å²) in [7, 11) is 4.24. The standard InChI is InChI=1S/C16H25N3O2/c1-19(2)13-6-4-3-5-12(9-13)17-16(20)14-10-15(21-18-14)11-7-8-11/h10-13H,3-9H2,1-2H3,(H,17,20)/t12?,13-/m1/s1. The lowest BCUT2D eigenvalue weighted by Gasteiger charge is -2.26. The van der Waals surface area contributed by atoms with Gasteiger partial charge >= 0.3 is 0 Å². The van der Waals surface area contributed by atoms with E-state index in [9.17, 15) is 4.79 Å². The fraction of sp³-hybridized carbons (Fsp3) is 0.750. The molecule has 1 amide bonds. The molecule has 0 spiro atoms. The first-order valence-electron chi connectivity index (χ1n) is 8.07. The van der Waals surface area contributed by atoms with Crippen molar-refractivity contribution in [3.8, 4) is 0 Å². The normalized spacial score (nSPS) is 26.6. The van der Waals surface area contributed by atoms with Gasteiger partial charge in [-0.3, -0.25) is 4.79 Å². The molecule has 0 bridgehead atoms. The molecule has 2 aliphatic rings. The van der Waals surface area contributed by atoms with Crippen LogP contribution in [0.15, 0.2) is 10.6 Å². The summed E-state index contributed by atoms with van der Waals surface area (Å²) in [5.74, 6) is 1.28. The van der Waals surface area contributed by atoms with Crippen molar-refractivity contribution in [1.82, 2.24) is 15.4 Å². The highest BCUT2D eigenvalue weighted by atomic mass is 16.5. The van der Waals surface area contributed by atoms with Gasteiger partial charge < -0.3 is 14.7 Å². The Balaban J connectivity index is 1.59. The van der Waals surface area contributed by atoms with Crippen molar-refractivity contribution >= 4 is 5.91 Å². The van der Waals surface area contributed by atoms with E-state index < -0.39 is 0 Å². The Hall–Kier alpha value is -1.36. The number of aromatic nitrogens is 1.